The Morgan fingerprint density at radius 2 is 0.727 bits per heavy atom. The maximum Gasteiger partial charge on any atom is 0.501 e. The third kappa shape index (κ3) is 22.2. The predicted octanol–water partition coefficient (Wildman–Crippen LogP) is 6.79. The summed E-state index contributed by atoms with van der Waals surface area (Å²) in [5.41, 5.74) is 0. The second-order valence-corrected chi connectivity index (χ2v) is 11.2. The predicted molar refractivity (Wildman–Crippen MR) is 139 cm³/mol. The molecule has 0 saturated heterocycles. The van der Waals surface area contributed by atoms with Gasteiger partial charge in [0.2, 0.25) is 0 Å². The maximum absolute atomic E-state index is 6.25. The van der Waals surface area contributed by atoms with Gasteiger partial charge in [-0.3, -0.25) is 0 Å². The second kappa shape index (κ2) is 26.6. The minimum absolute atomic E-state index is 0.502. The van der Waals surface area contributed by atoms with Crippen LogP contribution in [-0.2, 0) is 27.5 Å². The summed E-state index contributed by atoms with van der Waals surface area (Å²) in [6, 6.07) is 0.842. The monoisotopic (exact) mass is 492 g/mol. The minimum atomic E-state index is -2.78. The summed E-state index contributed by atoms with van der Waals surface area (Å²) in [5, 5.41) is 0. The van der Waals surface area contributed by atoms with Crippen LogP contribution in [-0.4, -0.2) is 68.3 Å². The van der Waals surface area contributed by atoms with Crippen molar-refractivity contribution in [2.45, 2.75) is 111 Å². The van der Waals surface area contributed by atoms with E-state index < -0.39 is 8.80 Å². The van der Waals surface area contributed by atoms with Crippen molar-refractivity contribution in [3.8, 4) is 0 Å². The number of hydrogen-bond acceptors (Lipinski definition) is 6. The lowest BCUT2D eigenvalue weighted by Crippen LogP contribution is -2.48. The van der Waals surface area contributed by atoms with Gasteiger partial charge < -0.3 is 27.5 Å². The highest BCUT2D eigenvalue weighted by Crippen LogP contribution is 2.21. The Morgan fingerprint density at radius 1 is 0.394 bits per heavy atom. The fraction of sp³-hybridized carbons (Fsp3) is 1.00. The van der Waals surface area contributed by atoms with Crippen molar-refractivity contribution < 1.29 is 27.5 Å². The molecule has 0 rings (SSSR count). The van der Waals surface area contributed by atoms with Gasteiger partial charge in [-0.05, 0) is 27.2 Å². The second-order valence-electron chi connectivity index (χ2n) is 8.46. The smallest absolute Gasteiger partial charge is 0.379 e. The van der Waals surface area contributed by atoms with Gasteiger partial charge in [0.15, 0.2) is 0 Å². The Labute approximate surface area is 206 Å². The number of hydrogen-bond donors (Lipinski definition) is 0. The van der Waals surface area contributed by atoms with E-state index in [1.54, 1.807) is 0 Å². The number of unbranched alkanes of at least 4 members (excludes halogenated alkanes) is 11. The van der Waals surface area contributed by atoms with Gasteiger partial charge in [0.05, 0.1) is 39.6 Å². The Bertz CT molecular complexity index is 341. The van der Waals surface area contributed by atoms with E-state index in [4.69, 9.17) is 27.5 Å². The normalized spacial score (nSPS) is 12.0. The molecule has 0 unspecified atom stereocenters. The molecular formula is C26H56O6Si. The van der Waals surface area contributed by atoms with Gasteiger partial charge >= 0.3 is 8.80 Å². The summed E-state index contributed by atoms with van der Waals surface area (Å²) in [5.74, 6) is 0. The molecule has 0 N–H and O–H groups in total. The lowest BCUT2D eigenvalue weighted by atomic mass is 10.1. The van der Waals surface area contributed by atoms with Gasteiger partial charge in [0.1, 0.15) is 0 Å². The largest absolute Gasteiger partial charge is 0.501 e. The van der Waals surface area contributed by atoms with Crippen LogP contribution < -0.4 is 0 Å². The SMILES string of the molecule is CCCCCCCCCCCCCC[Si](OCCOCC)(OCCOCC)OCCOCC. The molecule has 0 radical (unpaired) electrons. The first-order valence-electron chi connectivity index (χ1n) is 13.9. The van der Waals surface area contributed by atoms with Crippen molar-refractivity contribution >= 4 is 8.80 Å². The topological polar surface area (TPSA) is 55.4 Å². The molecule has 0 aromatic rings. The summed E-state index contributed by atoms with van der Waals surface area (Å²) in [6.07, 6.45) is 16.0. The molecule has 0 spiro atoms. The highest BCUT2D eigenvalue weighted by Gasteiger charge is 2.40. The van der Waals surface area contributed by atoms with Crippen LogP contribution in [0.5, 0.6) is 0 Å². The third-order valence-corrected chi connectivity index (χ3v) is 8.50. The van der Waals surface area contributed by atoms with Crippen molar-refractivity contribution in [1.29, 1.82) is 0 Å². The molecule has 200 valence electrons. The molecule has 0 fully saturated rings. The van der Waals surface area contributed by atoms with Crippen LogP contribution in [0.1, 0.15) is 105 Å². The molecule has 0 aromatic carbocycles. The van der Waals surface area contributed by atoms with Gasteiger partial charge in [0, 0.05) is 25.9 Å². The molecule has 0 bridgehead atoms. The highest BCUT2D eigenvalue weighted by molar-refractivity contribution is 6.60. The third-order valence-electron chi connectivity index (χ3n) is 5.60. The van der Waals surface area contributed by atoms with Crippen LogP contribution in [0, 0.1) is 0 Å². The molecule has 0 saturated carbocycles. The summed E-state index contributed by atoms with van der Waals surface area (Å²) in [4.78, 5) is 0. The lowest BCUT2D eigenvalue weighted by Gasteiger charge is -2.30. The van der Waals surface area contributed by atoms with Crippen LogP contribution in [0.25, 0.3) is 0 Å². The molecule has 7 heteroatoms. The van der Waals surface area contributed by atoms with E-state index in [0.29, 0.717) is 59.5 Å². The average molecular weight is 493 g/mol. The van der Waals surface area contributed by atoms with Gasteiger partial charge in [-0.15, -0.1) is 0 Å². The molecule has 0 atom stereocenters. The van der Waals surface area contributed by atoms with Crippen molar-refractivity contribution in [2.75, 3.05) is 59.5 Å². The van der Waals surface area contributed by atoms with Crippen LogP contribution in [0.3, 0.4) is 0 Å². The Hall–Kier alpha value is -0.0231. The van der Waals surface area contributed by atoms with Crippen LogP contribution in [0.15, 0.2) is 0 Å². The van der Waals surface area contributed by atoms with Gasteiger partial charge in [-0.25, -0.2) is 0 Å². The van der Waals surface area contributed by atoms with Crippen molar-refractivity contribution in [3.05, 3.63) is 0 Å². The van der Waals surface area contributed by atoms with E-state index in [1.807, 2.05) is 20.8 Å². The standard InChI is InChI=1S/C26H56O6Si/c1-5-9-10-11-12-13-14-15-16-17-18-19-26-33(30-23-20-27-6-2,31-24-21-28-7-3)32-25-22-29-8-4/h5-26H2,1-4H3. The average Bonchev–Trinajstić information content (AvgIpc) is 2.83. The lowest BCUT2D eigenvalue weighted by molar-refractivity contribution is 0.00318. The van der Waals surface area contributed by atoms with Gasteiger partial charge in [-0.1, -0.05) is 77.6 Å². The van der Waals surface area contributed by atoms with Gasteiger partial charge in [0.25, 0.3) is 0 Å². The van der Waals surface area contributed by atoms with Crippen LogP contribution >= 0.6 is 0 Å². The Kier molecular flexibility index (Phi) is 26.6. The minimum Gasteiger partial charge on any atom is -0.379 e. The summed E-state index contributed by atoms with van der Waals surface area (Å²) >= 11 is 0. The zero-order valence-electron chi connectivity index (χ0n) is 22.5. The molecule has 0 aliphatic carbocycles. The van der Waals surface area contributed by atoms with Crippen LogP contribution in [0.4, 0.5) is 0 Å². The maximum atomic E-state index is 6.25. The van der Waals surface area contributed by atoms with E-state index in [9.17, 15) is 0 Å². The summed E-state index contributed by atoms with van der Waals surface area (Å²) in [7, 11) is -2.78. The summed E-state index contributed by atoms with van der Waals surface area (Å²) < 4.78 is 35.2. The fourth-order valence-electron chi connectivity index (χ4n) is 3.73. The first-order valence-corrected chi connectivity index (χ1v) is 15.8. The molecule has 0 aromatic heterocycles. The first-order chi connectivity index (χ1) is 16.2. The van der Waals surface area contributed by atoms with Gasteiger partial charge in [-0.2, -0.15) is 0 Å². The first kappa shape index (κ1) is 33.0. The van der Waals surface area contributed by atoms with E-state index in [-0.39, 0.29) is 0 Å². The van der Waals surface area contributed by atoms with Crippen molar-refractivity contribution in [1.82, 2.24) is 0 Å². The number of rotatable bonds is 28. The molecule has 6 nitrogen and oxygen atoms in total. The highest BCUT2D eigenvalue weighted by atomic mass is 28.4. The zero-order valence-corrected chi connectivity index (χ0v) is 23.5. The van der Waals surface area contributed by atoms with E-state index in [2.05, 4.69) is 6.92 Å². The Morgan fingerprint density at radius 3 is 1.06 bits per heavy atom. The Balaban J connectivity index is 4.34. The van der Waals surface area contributed by atoms with Crippen LogP contribution in [0.2, 0.25) is 6.04 Å². The van der Waals surface area contributed by atoms with Crippen molar-refractivity contribution in [3.63, 3.8) is 0 Å². The zero-order chi connectivity index (χ0) is 24.3. The fourth-order valence-corrected chi connectivity index (χ4v) is 6.27. The molecule has 0 aliphatic rings. The van der Waals surface area contributed by atoms with E-state index >= 15 is 0 Å². The molecular weight excluding hydrogens is 436 g/mol. The summed E-state index contributed by atoms with van der Waals surface area (Å²) in [6.45, 7) is 13.5. The molecule has 0 heterocycles. The molecule has 33 heavy (non-hydrogen) atoms. The number of ether oxygens (including phenoxy) is 3. The quantitative estimate of drug-likeness (QED) is 0.0885. The molecule has 0 aliphatic heterocycles. The molecule has 0 amide bonds. The van der Waals surface area contributed by atoms with E-state index in [0.717, 1.165) is 12.5 Å². The van der Waals surface area contributed by atoms with Crippen molar-refractivity contribution in [2.24, 2.45) is 0 Å². The van der Waals surface area contributed by atoms with E-state index in [1.165, 1.54) is 70.6 Å².